The Morgan fingerprint density at radius 3 is 2.53 bits per heavy atom. The number of nitrogens with one attached hydrogen (secondary N) is 1. The number of fused-ring (bicyclic) bond motifs is 2. The Labute approximate surface area is 188 Å². The molecule has 3 atom stereocenters. The van der Waals surface area contributed by atoms with Gasteiger partial charge in [0, 0.05) is 43.9 Å². The summed E-state index contributed by atoms with van der Waals surface area (Å²) in [5.74, 6) is 0.638. The van der Waals surface area contributed by atoms with Gasteiger partial charge in [-0.15, -0.1) is 10.2 Å². The van der Waals surface area contributed by atoms with E-state index in [4.69, 9.17) is 4.84 Å². The van der Waals surface area contributed by atoms with Gasteiger partial charge in [0.05, 0.1) is 12.8 Å². The summed E-state index contributed by atoms with van der Waals surface area (Å²) in [6.07, 6.45) is 9.12. The maximum absolute atomic E-state index is 11.8. The number of likely N-dealkylation sites (N-methyl/N-ethyl adjacent to an activating group) is 1. The normalized spacial score (nSPS) is 22.7. The SMILES string of the molecule is CON(C)C(=O)/C=C/c1ccc(-c2ccc(N(C)[C@@H]3C[C@H]4CCC[C@@H](C3)N4)nn2)c(O)c1. The molecule has 0 radical (unpaired) electrons. The topological polar surface area (TPSA) is 90.8 Å². The minimum Gasteiger partial charge on any atom is -0.507 e. The van der Waals surface area contributed by atoms with Crippen molar-refractivity contribution in [1.82, 2.24) is 20.6 Å². The predicted octanol–water partition coefficient (Wildman–Crippen LogP) is 2.99. The third-order valence-electron chi connectivity index (χ3n) is 6.55. The summed E-state index contributed by atoms with van der Waals surface area (Å²) in [4.78, 5) is 18.9. The van der Waals surface area contributed by atoms with Crippen LogP contribution in [0.25, 0.3) is 17.3 Å². The number of carbonyl (C=O) groups excluding carboxylic acids is 1. The van der Waals surface area contributed by atoms with Crippen LogP contribution in [-0.4, -0.2) is 65.6 Å². The van der Waals surface area contributed by atoms with Crippen LogP contribution in [0.1, 0.15) is 37.7 Å². The summed E-state index contributed by atoms with van der Waals surface area (Å²) >= 11 is 0. The molecule has 2 aliphatic heterocycles. The molecule has 2 aliphatic rings. The number of carbonyl (C=O) groups is 1. The molecule has 1 aromatic carbocycles. The van der Waals surface area contributed by atoms with Gasteiger partial charge in [-0.1, -0.05) is 12.5 Å². The smallest absolute Gasteiger partial charge is 0.269 e. The number of hydrogen-bond acceptors (Lipinski definition) is 7. The van der Waals surface area contributed by atoms with Crippen LogP contribution in [0.15, 0.2) is 36.4 Å². The molecule has 0 saturated carbocycles. The van der Waals surface area contributed by atoms with Crippen molar-refractivity contribution in [3.63, 3.8) is 0 Å². The number of phenolic OH excluding ortho intramolecular Hbond substituents is 1. The van der Waals surface area contributed by atoms with Crippen LogP contribution < -0.4 is 10.2 Å². The number of hydroxylamine groups is 2. The molecule has 0 aliphatic carbocycles. The number of rotatable bonds is 6. The van der Waals surface area contributed by atoms with Crippen LogP contribution >= 0.6 is 0 Å². The molecule has 0 unspecified atom stereocenters. The Balaban J connectivity index is 1.44. The van der Waals surface area contributed by atoms with Crippen molar-refractivity contribution >= 4 is 17.8 Å². The lowest BCUT2D eigenvalue weighted by atomic mass is 9.83. The van der Waals surface area contributed by atoms with Gasteiger partial charge in [0.1, 0.15) is 5.75 Å². The van der Waals surface area contributed by atoms with Crippen molar-refractivity contribution in [3.05, 3.63) is 42.0 Å². The molecular weight excluding hydrogens is 406 g/mol. The highest BCUT2D eigenvalue weighted by atomic mass is 16.7. The number of aromatic hydroxyl groups is 1. The Kier molecular flexibility index (Phi) is 6.72. The minimum atomic E-state index is -0.293. The minimum absolute atomic E-state index is 0.0845. The second-order valence-electron chi connectivity index (χ2n) is 8.63. The van der Waals surface area contributed by atoms with Gasteiger partial charge in [0.2, 0.25) is 0 Å². The molecule has 8 heteroatoms. The molecule has 2 saturated heterocycles. The predicted molar refractivity (Wildman–Crippen MR) is 124 cm³/mol. The average molecular weight is 438 g/mol. The van der Waals surface area contributed by atoms with Gasteiger partial charge >= 0.3 is 0 Å². The molecule has 2 aromatic rings. The van der Waals surface area contributed by atoms with E-state index in [2.05, 4.69) is 27.5 Å². The summed E-state index contributed by atoms with van der Waals surface area (Å²) in [6.45, 7) is 0. The van der Waals surface area contributed by atoms with E-state index >= 15 is 0 Å². The van der Waals surface area contributed by atoms with Crippen LogP contribution in [-0.2, 0) is 9.63 Å². The van der Waals surface area contributed by atoms with E-state index < -0.39 is 0 Å². The molecular formula is C24H31N5O3. The Morgan fingerprint density at radius 1 is 1.16 bits per heavy atom. The fourth-order valence-corrected chi connectivity index (χ4v) is 4.63. The summed E-state index contributed by atoms with van der Waals surface area (Å²) in [7, 11) is 5.05. The fraction of sp³-hybridized carbons (Fsp3) is 0.458. The van der Waals surface area contributed by atoms with Crippen molar-refractivity contribution in [1.29, 1.82) is 0 Å². The number of anilines is 1. The summed E-state index contributed by atoms with van der Waals surface area (Å²) in [6, 6.07) is 10.7. The molecule has 8 nitrogen and oxygen atoms in total. The third-order valence-corrected chi connectivity index (χ3v) is 6.55. The number of phenols is 1. The van der Waals surface area contributed by atoms with Crippen molar-refractivity contribution < 1.29 is 14.7 Å². The van der Waals surface area contributed by atoms with Crippen molar-refractivity contribution in [2.45, 2.75) is 50.2 Å². The van der Waals surface area contributed by atoms with Crippen molar-refractivity contribution in [3.8, 4) is 17.0 Å². The van der Waals surface area contributed by atoms with Gasteiger partial charge in [0.15, 0.2) is 5.82 Å². The van der Waals surface area contributed by atoms with Gasteiger partial charge in [0.25, 0.3) is 5.91 Å². The van der Waals surface area contributed by atoms with E-state index in [1.54, 1.807) is 18.2 Å². The second kappa shape index (κ2) is 9.67. The fourth-order valence-electron chi connectivity index (χ4n) is 4.63. The number of nitrogens with zero attached hydrogens (tertiary/aromatic N) is 4. The molecule has 0 spiro atoms. The van der Waals surface area contributed by atoms with E-state index in [0.29, 0.717) is 34.9 Å². The molecule has 4 rings (SSSR count). The standard InChI is InChI=1S/C24H31N5O3/c1-28(19-14-17-5-4-6-18(15-19)25-17)23-11-10-21(26-27-23)20-9-7-16(13-22(20)30)8-12-24(31)29(2)32-3/h7-13,17-19,25,30H,4-6,14-15H2,1-3H3/b12-8+/t17-,18+,19-. The lowest BCUT2D eigenvalue weighted by Crippen LogP contribution is -2.54. The molecule has 1 amide bonds. The van der Waals surface area contributed by atoms with Gasteiger partial charge < -0.3 is 15.3 Å². The Hall–Kier alpha value is -2.97. The Bertz CT molecular complexity index is 966. The van der Waals surface area contributed by atoms with E-state index in [0.717, 1.165) is 23.7 Å². The first-order chi connectivity index (χ1) is 15.4. The highest BCUT2D eigenvalue weighted by molar-refractivity contribution is 5.91. The molecule has 3 heterocycles. The average Bonchev–Trinajstić information content (AvgIpc) is 2.81. The van der Waals surface area contributed by atoms with Crippen LogP contribution in [0.2, 0.25) is 0 Å². The molecule has 1 aromatic heterocycles. The number of hydrogen-bond donors (Lipinski definition) is 2. The maximum atomic E-state index is 11.8. The molecule has 32 heavy (non-hydrogen) atoms. The summed E-state index contributed by atoms with van der Waals surface area (Å²) in [5.41, 5.74) is 1.90. The third kappa shape index (κ3) is 4.92. The van der Waals surface area contributed by atoms with Crippen LogP contribution in [0.5, 0.6) is 5.75 Å². The number of benzene rings is 1. The Morgan fingerprint density at radius 2 is 1.91 bits per heavy atom. The highest BCUT2D eigenvalue weighted by Gasteiger charge is 2.33. The first-order valence-electron chi connectivity index (χ1n) is 11.1. The van der Waals surface area contributed by atoms with Crippen molar-refractivity contribution in [2.24, 2.45) is 0 Å². The molecule has 170 valence electrons. The number of amides is 1. The highest BCUT2D eigenvalue weighted by Crippen LogP contribution is 2.32. The molecule has 2 fully saturated rings. The molecule has 2 N–H and O–H groups in total. The van der Waals surface area contributed by atoms with E-state index in [9.17, 15) is 9.90 Å². The monoisotopic (exact) mass is 437 g/mol. The van der Waals surface area contributed by atoms with Crippen LogP contribution in [0.3, 0.4) is 0 Å². The second-order valence-corrected chi connectivity index (χ2v) is 8.63. The van der Waals surface area contributed by atoms with E-state index in [1.165, 1.54) is 39.5 Å². The summed E-state index contributed by atoms with van der Waals surface area (Å²) in [5, 5.41) is 24.2. The zero-order valence-electron chi connectivity index (χ0n) is 18.9. The summed E-state index contributed by atoms with van der Waals surface area (Å²) < 4.78 is 0. The van der Waals surface area contributed by atoms with Crippen LogP contribution in [0, 0.1) is 0 Å². The van der Waals surface area contributed by atoms with Gasteiger partial charge in [-0.2, -0.15) is 0 Å². The lowest BCUT2D eigenvalue weighted by molar-refractivity contribution is -0.162. The number of aromatic nitrogens is 2. The van der Waals surface area contributed by atoms with Gasteiger partial charge in [-0.3, -0.25) is 9.63 Å². The van der Waals surface area contributed by atoms with Gasteiger partial charge in [-0.25, -0.2) is 5.06 Å². The zero-order chi connectivity index (χ0) is 22.7. The van der Waals surface area contributed by atoms with E-state index in [1.807, 2.05) is 18.2 Å². The first-order valence-corrected chi connectivity index (χ1v) is 11.1. The quantitative estimate of drug-likeness (QED) is 0.530. The lowest BCUT2D eigenvalue weighted by Gasteiger charge is -2.43. The first kappa shape index (κ1) is 22.2. The molecule has 2 bridgehead atoms. The van der Waals surface area contributed by atoms with Crippen LogP contribution in [0.4, 0.5) is 5.82 Å². The van der Waals surface area contributed by atoms with E-state index in [-0.39, 0.29) is 11.7 Å². The largest absolute Gasteiger partial charge is 0.507 e. The van der Waals surface area contributed by atoms with Gasteiger partial charge in [-0.05, 0) is 61.6 Å². The zero-order valence-corrected chi connectivity index (χ0v) is 18.9. The maximum Gasteiger partial charge on any atom is 0.269 e. The number of piperidine rings is 2. The van der Waals surface area contributed by atoms with Crippen molar-refractivity contribution in [2.75, 3.05) is 26.1 Å².